The molecule has 6 nitrogen and oxygen atoms in total. The predicted molar refractivity (Wildman–Crippen MR) is 91.2 cm³/mol. The predicted octanol–water partition coefficient (Wildman–Crippen LogP) is 2.94. The first-order valence-corrected chi connectivity index (χ1v) is 8.06. The van der Waals surface area contributed by atoms with Crippen LogP contribution in [-0.4, -0.2) is 33.2 Å². The highest BCUT2D eigenvalue weighted by Crippen LogP contribution is 2.23. The van der Waals surface area contributed by atoms with Crippen LogP contribution in [0.15, 0.2) is 24.4 Å². The first-order chi connectivity index (χ1) is 11.4. The molecule has 3 rings (SSSR count). The number of nitrogens with zero attached hydrogens (tertiary/aromatic N) is 3. The highest BCUT2D eigenvalue weighted by molar-refractivity contribution is 6.42. The Labute approximate surface area is 148 Å². The molecule has 0 spiro atoms. The van der Waals surface area contributed by atoms with Crippen LogP contribution in [0.25, 0.3) is 0 Å². The lowest BCUT2D eigenvalue weighted by atomic mass is 10.1. The molecule has 1 N–H and O–H groups in total. The van der Waals surface area contributed by atoms with Crippen molar-refractivity contribution < 1.29 is 9.59 Å². The maximum absolute atomic E-state index is 12.2. The van der Waals surface area contributed by atoms with E-state index >= 15 is 0 Å². The minimum atomic E-state index is -0.366. The van der Waals surface area contributed by atoms with E-state index in [1.807, 2.05) is 0 Å². The molecule has 0 saturated heterocycles. The molecule has 1 aliphatic rings. The van der Waals surface area contributed by atoms with E-state index in [9.17, 15) is 9.59 Å². The minimum absolute atomic E-state index is 0.0256. The largest absolute Gasteiger partial charge is 0.338 e. The highest BCUT2D eigenvalue weighted by Gasteiger charge is 2.20. The molecule has 0 bridgehead atoms. The molecule has 0 fully saturated rings. The molecule has 1 aromatic carbocycles. The van der Waals surface area contributed by atoms with E-state index in [-0.39, 0.29) is 17.8 Å². The second-order valence-electron chi connectivity index (χ2n) is 5.44. The zero-order valence-corrected chi connectivity index (χ0v) is 14.4. The van der Waals surface area contributed by atoms with Crippen molar-refractivity contribution in [3.05, 3.63) is 51.3 Å². The van der Waals surface area contributed by atoms with Crippen molar-refractivity contribution >= 4 is 41.0 Å². The SMILES string of the molecule is CC(=O)N1CCc2nc(NC(=O)c3ccc(Cl)c(Cl)c3)ncc2C1. The standard InChI is InChI=1S/C16H14Cl2N4O2/c1-9(23)22-5-4-14-11(8-22)7-19-16(20-14)21-15(24)10-2-3-12(17)13(18)6-10/h2-3,6-7H,4-5,8H2,1H3,(H,19,20,21,24). The van der Waals surface area contributed by atoms with Crippen molar-refractivity contribution in [1.29, 1.82) is 0 Å². The first kappa shape index (κ1) is 16.7. The number of nitrogens with one attached hydrogen (secondary N) is 1. The molecule has 1 aromatic heterocycles. The summed E-state index contributed by atoms with van der Waals surface area (Å²) in [6.07, 6.45) is 2.27. The Morgan fingerprint density at radius 2 is 2.04 bits per heavy atom. The summed E-state index contributed by atoms with van der Waals surface area (Å²) in [5.74, 6) is -0.117. The lowest BCUT2D eigenvalue weighted by molar-refractivity contribution is -0.129. The zero-order valence-electron chi connectivity index (χ0n) is 12.8. The third-order valence-electron chi connectivity index (χ3n) is 3.79. The van der Waals surface area contributed by atoms with Gasteiger partial charge in [-0.1, -0.05) is 23.2 Å². The van der Waals surface area contributed by atoms with E-state index < -0.39 is 0 Å². The monoisotopic (exact) mass is 364 g/mol. The number of halogens is 2. The van der Waals surface area contributed by atoms with Gasteiger partial charge < -0.3 is 4.90 Å². The Balaban J connectivity index is 1.75. The number of amides is 2. The lowest BCUT2D eigenvalue weighted by Gasteiger charge is -2.27. The molecule has 0 unspecified atom stereocenters. The molecule has 24 heavy (non-hydrogen) atoms. The normalized spacial score (nSPS) is 13.4. The van der Waals surface area contributed by atoms with Crippen molar-refractivity contribution in [3.8, 4) is 0 Å². The maximum Gasteiger partial charge on any atom is 0.258 e. The Bertz CT molecular complexity index is 826. The fourth-order valence-corrected chi connectivity index (χ4v) is 2.75. The van der Waals surface area contributed by atoms with E-state index in [0.29, 0.717) is 35.1 Å². The Kier molecular flexibility index (Phi) is 4.69. The van der Waals surface area contributed by atoms with Crippen LogP contribution in [0.4, 0.5) is 5.95 Å². The minimum Gasteiger partial charge on any atom is -0.338 e. The van der Waals surface area contributed by atoms with Gasteiger partial charge in [-0.25, -0.2) is 9.97 Å². The van der Waals surface area contributed by atoms with Gasteiger partial charge >= 0.3 is 0 Å². The van der Waals surface area contributed by atoms with Crippen LogP contribution in [0, 0.1) is 0 Å². The number of rotatable bonds is 2. The fraction of sp³-hybridized carbons (Fsp3) is 0.250. The number of hydrogen-bond donors (Lipinski definition) is 1. The molecule has 2 heterocycles. The molecule has 124 valence electrons. The van der Waals surface area contributed by atoms with Crippen molar-refractivity contribution in [2.45, 2.75) is 19.9 Å². The summed E-state index contributed by atoms with van der Waals surface area (Å²) in [5, 5.41) is 3.33. The fourth-order valence-electron chi connectivity index (χ4n) is 2.46. The van der Waals surface area contributed by atoms with Gasteiger partial charge in [-0.15, -0.1) is 0 Å². The quantitative estimate of drug-likeness (QED) is 0.888. The Morgan fingerprint density at radius 1 is 1.25 bits per heavy atom. The van der Waals surface area contributed by atoms with Gasteiger partial charge in [0.15, 0.2) is 0 Å². The third-order valence-corrected chi connectivity index (χ3v) is 4.53. The van der Waals surface area contributed by atoms with Crippen LogP contribution in [0.1, 0.15) is 28.5 Å². The highest BCUT2D eigenvalue weighted by atomic mass is 35.5. The molecule has 2 amide bonds. The summed E-state index contributed by atoms with van der Waals surface area (Å²) >= 11 is 11.8. The Hall–Kier alpha value is -2.18. The average molecular weight is 365 g/mol. The average Bonchev–Trinajstić information content (AvgIpc) is 2.56. The number of anilines is 1. The molecular formula is C16H14Cl2N4O2. The maximum atomic E-state index is 12.2. The van der Waals surface area contributed by atoms with Crippen LogP contribution in [-0.2, 0) is 17.8 Å². The van der Waals surface area contributed by atoms with Crippen molar-refractivity contribution in [3.63, 3.8) is 0 Å². The number of carbonyl (C=O) groups excluding carboxylic acids is 2. The van der Waals surface area contributed by atoms with Crippen LogP contribution in [0.5, 0.6) is 0 Å². The van der Waals surface area contributed by atoms with Gasteiger partial charge in [0.05, 0.1) is 15.7 Å². The van der Waals surface area contributed by atoms with Crippen LogP contribution >= 0.6 is 23.2 Å². The van der Waals surface area contributed by atoms with Gasteiger partial charge in [-0.2, -0.15) is 0 Å². The van der Waals surface area contributed by atoms with Crippen molar-refractivity contribution in [2.75, 3.05) is 11.9 Å². The molecule has 0 saturated carbocycles. The topological polar surface area (TPSA) is 75.2 Å². The molecule has 1 aliphatic heterocycles. The van der Waals surface area contributed by atoms with Crippen LogP contribution in [0.3, 0.4) is 0 Å². The summed E-state index contributed by atoms with van der Waals surface area (Å²) < 4.78 is 0. The van der Waals surface area contributed by atoms with Crippen LogP contribution in [0.2, 0.25) is 10.0 Å². The number of carbonyl (C=O) groups is 2. The summed E-state index contributed by atoms with van der Waals surface area (Å²) in [4.78, 5) is 33.9. The van der Waals surface area contributed by atoms with E-state index in [0.717, 1.165) is 11.3 Å². The lowest BCUT2D eigenvalue weighted by Crippen LogP contribution is -2.35. The number of benzene rings is 1. The van der Waals surface area contributed by atoms with Gasteiger partial charge in [0.1, 0.15) is 0 Å². The van der Waals surface area contributed by atoms with Crippen molar-refractivity contribution in [1.82, 2.24) is 14.9 Å². The Morgan fingerprint density at radius 3 is 2.75 bits per heavy atom. The van der Waals surface area contributed by atoms with Gasteiger partial charge in [0.25, 0.3) is 5.91 Å². The van der Waals surface area contributed by atoms with Gasteiger partial charge in [0.2, 0.25) is 11.9 Å². The van der Waals surface area contributed by atoms with E-state index in [1.165, 1.54) is 13.0 Å². The molecule has 0 radical (unpaired) electrons. The molecule has 8 heteroatoms. The number of aromatic nitrogens is 2. The van der Waals surface area contributed by atoms with Gasteiger partial charge in [0, 0.05) is 43.8 Å². The zero-order chi connectivity index (χ0) is 17.3. The molecule has 0 aliphatic carbocycles. The van der Waals surface area contributed by atoms with Crippen molar-refractivity contribution in [2.24, 2.45) is 0 Å². The van der Waals surface area contributed by atoms with E-state index in [1.54, 1.807) is 23.2 Å². The number of fused-ring (bicyclic) bond motifs is 1. The van der Waals surface area contributed by atoms with E-state index in [4.69, 9.17) is 23.2 Å². The molecule has 0 atom stereocenters. The molecule has 2 aromatic rings. The summed E-state index contributed by atoms with van der Waals surface area (Å²) in [7, 11) is 0. The van der Waals surface area contributed by atoms with Crippen LogP contribution < -0.4 is 5.32 Å². The summed E-state index contributed by atoms with van der Waals surface area (Å²) in [6.45, 7) is 2.64. The second kappa shape index (κ2) is 6.75. The number of hydrogen-bond acceptors (Lipinski definition) is 4. The smallest absolute Gasteiger partial charge is 0.258 e. The second-order valence-corrected chi connectivity index (χ2v) is 6.25. The first-order valence-electron chi connectivity index (χ1n) is 7.31. The molecular weight excluding hydrogens is 351 g/mol. The van der Waals surface area contributed by atoms with Gasteiger partial charge in [-0.3, -0.25) is 14.9 Å². The summed E-state index contributed by atoms with van der Waals surface area (Å²) in [5.41, 5.74) is 2.10. The van der Waals surface area contributed by atoms with E-state index in [2.05, 4.69) is 15.3 Å². The summed E-state index contributed by atoms with van der Waals surface area (Å²) in [6, 6.07) is 4.62. The van der Waals surface area contributed by atoms with Gasteiger partial charge in [-0.05, 0) is 18.2 Å². The third kappa shape index (κ3) is 3.49.